The lowest BCUT2D eigenvalue weighted by Gasteiger charge is -2.25. The lowest BCUT2D eigenvalue weighted by molar-refractivity contribution is -0.110. The van der Waals surface area contributed by atoms with Crippen molar-refractivity contribution in [1.29, 1.82) is 0 Å². The van der Waals surface area contributed by atoms with Gasteiger partial charge in [-0.25, -0.2) is 0 Å². The molecule has 2 heteroatoms. The molecule has 0 N–H and O–H groups in total. The maximum Gasteiger partial charge on any atom is 0.130 e. The van der Waals surface area contributed by atoms with Crippen molar-refractivity contribution in [2.75, 3.05) is 6.61 Å². The molecule has 1 aliphatic heterocycles. The summed E-state index contributed by atoms with van der Waals surface area (Å²) in [6.45, 7) is 14.0. The molecule has 0 saturated heterocycles. The largest absolute Gasteiger partial charge is 0.492 e. The summed E-state index contributed by atoms with van der Waals surface area (Å²) >= 11 is 0. The minimum atomic E-state index is -0.256. The number of carbonyl (C=O) groups excluding carboxylic acids is 1. The third-order valence-electron chi connectivity index (χ3n) is 5.31. The number of hydrogen-bond donors (Lipinski definition) is 0. The number of benzene rings is 1. The molecule has 1 aliphatic carbocycles. The molecule has 1 fully saturated rings. The summed E-state index contributed by atoms with van der Waals surface area (Å²) in [6, 6.07) is 4.45. The Morgan fingerprint density at radius 2 is 1.90 bits per heavy atom. The minimum absolute atomic E-state index is 0.0166. The summed E-state index contributed by atoms with van der Waals surface area (Å²) in [5, 5.41) is 0. The van der Waals surface area contributed by atoms with Crippen molar-refractivity contribution in [2.24, 2.45) is 5.92 Å². The molecule has 2 unspecified atom stereocenters. The molecule has 1 heterocycles. The SMILES string of the molecule is CC1CC1(C=O)c1cc(C(C)(C)C)c2c(c1)C(C)(C)CO2. The topological polar surface area (TPSA) is 26.3 Å². The fourth-order valence-electron chi connectivity index (χ4n) is 3.53. The van der Waals surface area contributed by atoms with Crippen LogP contribution in [0.15, 0.2) is 12.1 Å². The summed E-state index contributed by atoms with van der Waals surface area (Å²) in [4.78, 5) is 11.7. The lowest BCUT2D eigenvalue weighted by Crippen LogP contribution is -2.20. The Bertz CT molecular complexity index is 607. The van der Waals surface area contributed by atoms with E-state index < -0.39 is 0 Å². The van der Waals surface area contributed by atoms with Crippen LogP contribution < -0.4 is 4.74 Å². The minimum Gasteiger partial charge on any atom is -0.492 e. The summed E-state index contributed by atoms with van der Waals surface area (Å²) < 4.78 is 6.03. The molecule has 21 heavy (non-hydrogen) atoms. The van der Waals surface area contributed by atoms with Gasteiger partial charge in [0.05, 0.1) is 12.0 Å². The first-order chi connectivity index (χ1) is 9.62. The van der Waals surface area contributed by atoms with E-state index in [1.165, 1.54) is 16.7 Å². The van der Waals surface area contributed by atoms with Crippen LogP contribution in [-0.4, -0.2) is 12.9 Å². The third-order valence-corrected chi connectivity index (χ3v) is 5.31. The molecule has 2 atom stereocenters. The van der Waals surface area contributed by atoms with Crippen molar-refractivity contribution in [2.45, 2.75) is 64.2 Å². The molecule has 0 aromatic heterocycles. The summed E-state index contributed by atoms with van der Waals surface area (Å²) in [7, 11) is 0. The Kier molecular flexibility index (Phi) is 2.87. The molecule has 0 radical (unpaired) electrons. The van der Waals surface area contributed by atoms with Crippen molar-refractivity contribution >= 4 is 6.29 Å². The molecule has 0 spiro atoms. The zero-order chi connectivity index (χ0) is 15.6. The molecular formula is C19H26O2. The number of carbonyl (C=O) groups is 1. The van der Waals surface area contributed by atoms with Crippen LogP contribution in [0, 0.1) is 5.92 Å². The van der Waals surface area contributed by atoms with Crippen LogP contribution in [0.2, 0.25) is 0 Å². The van der Waals surface area contributed by atoms with Gasteiger partial charge < -0.3 is 9.53 Å². The van der Waals surface area contributed by atoms with E-state index in [-0.39, 0.29) is 16.2 Å². The van der Waals surface area contributed by atoms with Gasteiger partial charge in [-0.15, -0.1) is 0 Å². The first kappa shape index (κ1) is 14.6. The Morgan fingerprint density at radius 3 is 2.38 bits per heavy atom. The highest BCUT2D eigenvalue weighted by atomic mass is 16.5. The molecule has 114 valence electrons. The van der Waals surface area contributed by atoms with E-state index in [1.54, 1.807) is 0 Å². The van der Waals surface area contributed by atoms with E-state index in [0.717, 1.165) is 25.1 Å². The van der Waals surface area contributed by atoms with Crippen molar-refractivity contribution in [3.63, 3.8) is 0 Å². The quantitative estimate of drug-likeness (QED) is 0.764. The molecule has 0 amide bonds. The number of aldehydes is 1. The van der Waals surface area contributed by atoms with E-state index in [1.807, 2.05) is 0 Å². The van der Waals surface area contributed by atoms with E-state index in [4.69, 9.17) is 4.74 Å². The predicted molar refractivity (Wildman–Crippen MR) is 85.2 cm³/mol. The zero-order valence-electron chi connectivity index (χ0n) is 14.0. The van der Waals surface area contributed by atoms with Crippen LogP contribution in [-0.2, 0) is 21.0 Å². The van der Waals surface area contributed by atoms with Gasteiger partial charge in [-0.05, 0) is 23.3 Å². The number of fused-ring (bicyclic) bond motifs is 1. The first-order valence-corrected chi connectivity index (χ1v) is 7.90. The average Bonchev–Trinajstić information content (AvgIpc) is 2.96. The molecule has 1 aromatic carbocycles. The third kappa shape index (κ3) is 2.03. The smallest absolute Gasteiger partial charge is 0.130 e. The molecular weight excluding hydrogens is 260 g/mol. The second-order valence-electron chi connectivity index (χ2n) is 8.59. The van der Waals surface area contributed by atoms with E-state index in [0.29, 0.717) is 5.92 Å². The van der Waals surface area contributed by atoms with Crippen LogP contribution in [0.1, 0.15) is 64.7 Å². The van der Waals surface area contributed by atoms with Gasteiger partial charge in [0.15, 0.2) is 0 Å². The summed E-state index contributed by atoms with van der Waals surface area (Å²) in [6.07, 6.45) is 2.13. The number of rotatable bonds is 2. The molecule has 0 bridgehead atoms. The van der Waals surface area contributed by atoms with Crippen LogP contribution >= 0.6 is 0 Å². The van der Waals surface area contributed by atoms with Gasteiger partial charge in [0.1, 0.15) is 12.0 Å². The Morgan fingerprint density at radius 1 is 1.29 bits per heavy atom. The van der Waals surface area contributed by atoms with Gasteiger partial charge in [-0.1, -0.05) is 53.7 Å². The van der Waals surface area contributed by atoms with Crippen molar-refractivity contribution < 1.29 is 9.53 Å². The Labute approximate surface area is 127 Å². The molecule has 2 aliphatic rings. The predicted octanol–water partition coefficient (Wildman–Crippen LogP) is 4.13. The summed E-state index contributed by atoms with van der Waals surface area (Å²) in [5.41, 5.74) is 3.47. The standard InChI is InChI=1S/C19H26O2/c1-12-9-19(12,10-20)13-7-14(17(2,3)4)16-15(8-13)18(5,6)11-21-16/h7-8,10,12H,9,11H2,1-6H3. The average molecular weight is 286 g/mol. The maximum absolute atomic E-state index is 11.7. The van der Waals surface area contributed by atoms with Crippen molar-refractivity contribution in [3.05, 3.63) is 28.8 Å². The fraction of sp³-hybridized carbons (Fsp3) is 0.632. The van der Waals surface area contributed by atoms with Crippen LogP contribution in [0.5, 0.6) is 5.75 Å². The number of ether oxygens (including phenoxy) is 1. The second kappa shape index (κ2) is 4.12. The highest BCUT2D eigenvalue weighted by Crippen LogP contribution is 2.55. The van der Waals surface area contributed by atoms with Gasteiger partial charge in [0.2, 0.25) is 0 Å². The van der Waals surface area contributed by atoms with E-state index in [9.17, 15) is 4.79 Å². The maximum atomic E-state index is 11.7. The second-order valence-corrected chi connectivity index (χ2v) is 8.59. The normalized spacial score (nSPS) is 29.7. The van der Waals surface area contributed by atoms with E-state index in [2.05, 4.69) is 53.7 Å². The van der Waals surface area contributed by atoms with Gasteiger partial charge in [-0.3, -0.25) is 0 Å². The van der Waals surface area contributed by atoms with E-state index >= 15 is 0 Å². The summed E-state index contributed by atoms with van der Waals surface area (Å²) in [5.74, 6) is 1.50. The molecule has 3 rings (SSSR count). The Balaban J connectivity index is 2.24. The van der Waals surface area contributed by atoms with Crippen LogP contribution in [0.3, 0.4) is 0 Å². The lowest BCUT2D eigenvalue weighted by atomic mass is 9.77. The van der Waals surface area contributed by atoms with Gasteiger partial charge in [-0.2, -0.15) is 0 Å². The molecule has 1 aromatic rings. The monoisotopic (exact) mass is 286 g/mol. The van der Waals surface area contributed by atoms with Crippen molar-refractivity contribution in [3.8, 4) is 5.75 Å². The molecule has 1 saturated carbocycles. The van der Waals surface area contributed by atoms with Crippen LogP contribution in [0.25, 0.3) is 0 Å². The van der Waals surface area contributed by atoms with Gasteiger partial charge in [0.25, 0.3) is 0 Å². The van der Waals surface area contributed by atoms with Gasteiger partial charge in [0, 0.05) is 16.5 Å². The molecule has 2 nitrogen and oxygen atoms in total. The van der Waals surface area contributed by atoms with Gasteiger partial charge >= 0.3 is 0 Å². The fourth-order valence-corrected chi connectivity index (χ4v) is 3.53. The van der Waals surface area contributed by atoms with Crippen LogP contribution in [0.4, 0.5) is 0 Å². The highest BCUT2D eigenvalue weighted by molar-refractivity contribution is 5.75. The first-order valence-electron chi connectivity index (χ1n) is 7.90. The van der Waals surface area contributed by atoms with Crippen molar-refractivity contribution in [1.82, 2.24) is 0 Å². The zero-order valence-corrected chi connectivity index (χ0v) is 14.0. The highest BCUT2D eigenvalue weighted by Gasteiger charge is 2.53. The number of hydrogen-bond acceptors (Lipinski definition) is 2. The Hall–Kier alpha value is -1.31.